The van der Waals surface area contributed by atoms with Crippen LogP contribution >= 0.6 is 0 Å². The van der Waals surface area contributed by atoms with Crippen molar-refractivity contribution in [1.29, 1.82) is 0 Å². The van der Waals surface area contributed by atoms with Gasteiger partial charge >= 0.3 is 0 Å². The van der Waals surface area contributed by atoms with E-state index in [1.807, 2.05) is 0 Å². The molecule has 7 heteroatoms. The SMILES string of the molecule is CS(=O)(=O)c1ccc(C(=O)Nc2cncc(F)c2)cc1. The summed E-state index contributed by atoms with van der Waals surface area (Å²) < 4.78 is 35.5. The molecule has 0 aliphatic heterocycles. The summed E-state index contributed by atoms with van der Waals surface area (Å²) in [6, 6.07) is 6.59. The number of sulfone groups is 1. The van der Waals surface area contributed by atoms with E-state index in [1.54, 1.807) is 0 Å². The molecule has 1 N–H and O–H groups in total. The van der Waals surface area contributed by atoms with Gasteiger partial charge in [0.05, 0.1) is 23.0 Å². The van der Waals surface area contributed by atoms with Crippen LogP contribution in [-0.2, 0) is 9.84 Å². The number of rotatable bonds is 3. The maximum Gasteiger partial charge on any atom is 0.255 e. The first-order valence-corrected chi connectivity index (χ1v) is 7.47. The molecule has 104 valence electrons. The van der Waals surface area contributed by atoms with Gasteiger partial charge in [-0.1, -0.05) is 0 Å². The quantitative estimate of drug-likeness (QED) is 0.937. The third-order valence-electron chi connectivity index (χ3n) is 2.51. The molecule has 0 unspecified atom stereocenters. The predicted octanol–water partition coefficient (Wildman–Crippen LogP) is 1.88. The van der Waals surface area contributed by atoms with Crippen molar-refractivity contribution in [3.63, 3.8) is 0 Å². The third kappa shape index (κ3) is 3.39. The Balaban J connectivity index is 2.18. The molecule has 1 heterocycles. The van der Waals surface area contributed by atoms with E-state index in [9.17, 15) is 17.6 Å². The van der Waals surface area contributed by atoms with Crippen LogP contribution in [0.15, 0.2) is 47.6 Å². The summed E-state index contributed by atoms with van der Waals surface area (Å²) in [6.07, 6.45) is 3.42. The summed E-state index contributed by atoms with van der Waals surface area (Å²) in [5.74, 6) is -1.03. The lowest BCUT2D eigenvalue weighted by atomic mass is 10.2. The number of carbonyl (C=O) groups is 1. The lowest BCUT2D eigenvalue weighted by molar-refractivity contribution is 0.102. The molecule has 1 amide bonds. The summed E-state index contributed by atoms with van der Waals surface area (Å²) in [7, 11) is -3.30. The van der Waals surface area contributed by atoms with Gasteiger partial charge in [0.2, 0.25) is 0 Å². The van der Waals surface area contributed by atoms with E-state index in [-0.39, 0.29) is 16.1 Å². The molecule has 2 aromatic rings. The molecule has 0 saturated heterocycles. The van der Waals surface area contributed by atoms with Crippen molar-refractivity contribution in [2.24, 2.45) is 0 Å². The number of amides is 1. The molecular weight excluding hydrogens is 283 g/mol. The van der Waals surface area contributed by atoms with E-state index in [2.05, 4.69) is 10.3 Å². The van der Waals surface area contributed by atoms with E-state index < -0.39 is 21.6 Å². The number of hydrogen-bond acceptors (Lipinski definition) is 4. The van der Waals surface area contributed by atoms with Crippen molar-refractivity contribution < 1.29 is 17.6 Å². The zero-order chi connectivity index (χ0) is 14.8. The predicted molar refractivity (Wildman–Crippen MR) is 71.7 cm³/mol. The fraction of sp³-hybridized carbons (Fsp3) is 0.0769. The minimum atomic E-state index is -3.30. The number of benzene rings is 1. The van der Waals surface area contributed by atoms with E-state index in [4.69, 9.17) is 0 Å². The Morgan fingerprint density at radius 2 is 1.85 bits per heavy atom. The number of hydrogen-bond donors (Lipinski definition) is 1. The van der Waals surface area contributed by atoms with Gasteiger partial charge in [-0.05, 0) is 24.3 Å². The van der Waals surface area contributed by atoms with Crippen LogP contribution in [0.5, 0.6) is 0 Å². The summed E-state index contributed by atoms with van der Waals surface area (Å²) >= 11 is 0. The van der Waals surface area contributed by atoms with E-state index >= 15 is 0 Å². The Bertz CT molecular complexity index is 742. The molecule has 0 atom stereocenters. The van der Waals surface area contributed by atoms with Crippen LogP contribution in [0.2, 0.25) is 0 Å². The van der Waals surface area contributed by atoms with Gasteiger partial charge in [-0.3, -0.25) is 9.78 Å². The number of nitrogens with one attached hydrogen (secondary N) is 1. The van der Waals surface area contributed by atoms with Crippen LogP contribution in [0.1, 0.15) is 10.4 Å². The van der Waals surface area contributed by atoms with Gasteiger partial charge in [0.25, 0.3) is 5.91 Å². The molecule has 0 saturated carbocycles. The highest BCUT2D eigenvalue weighted by molar-refractivity contribution is 7.90. The zero-order valence-electron chi connectivity index (χ0n) is 10.5. The van der Waals surface area contributed by atoms with Crippen LogP contribution in [-0.4, -0.2) is 25.6 Å². The molecule has 0 radical (unpaired) electrons. The first-order chi connectivity index (χ1) is 9.36. The molecule has 1 aromatic carbocycles. The molecule has 0 spiro atoms. The smallest absolute Gasteiger partial charge is 0.255 e. The fourth-order valence-electron chi connectivity index (χ4n) is 1.54. The number of anilines is 1. The number of carbonyl (C=O) groups excluding carboxylic acids is 1. The van der Waals surface area contributed by atoms with Crippen LogP contribution in [0.3, 0.4) is 0 Å². The number of aromatic nitrogens is 1. The van der Waals surface area contributed by atoms with Gasteiger partial charge in [0.15, 0.2) is 9.84 Å². The average molecular weight is 294 g/mol. The fourth-order valence-corrected chi connectivity index (χ4v) is 2.17. The highest BCUT2D eigenvalue weighted by Crippen LogP contribution is 2.13. The van der Waals surface area contributed by atoms with E-state index in [1.165, 1.54) is 30.5 Å². The summed E-state index contributed by atoms with van der Waals surface area (Å²) in [5, 5.41) is 2.47. The molecule has 1 aromatic heterocycles. The minimum absolute atomic E-state index is 0.126. The Morgan fingerprint density at radius 3 is 2.40 bits per heavy atom. The zero-order valence-corrected chi connectivity index (χ0v) is 11.3. The van der Waals surface area contributed by atoms with Gasteiger partial charge < -0.3 is 5.32 Å². The Hall–Kier alpha value is -2.28. The van der Waals surface area contributed by atoms with Crippen LogP contribution < -0.4 is 5.32 Å². The molecular formula is C13H11FN2O3S. The van der Waals surface area contributed by atoms with Crippen molar-refractivity contribution in [2.45, 2.75) is 4.90 Å². The molecule has 0 bridgehead atoms. The van der Waals surface area contributed by atoms with E-state index in [0.29, 0.717) is 0 Å². The lowest BCUT2D eigenvalue weighted by Gasteiger charge is -2.05. The van der Waals surface area contributed by atoms with Crippen molar-refractivity contribution >= 4 is 21.4 Å². The Labute approximate surface area is 115 Å². The second-order valence-electron chi connectivity index (χ2n) is 4.14. The monoisotopic (exact) mass is 294 g/mol. The molecule has 20 heavy (non-hydrogen) atoms. The second kappa shape index (κ2) is 5.38. The first-order valence-electron chi connectivity index (χ1n) is 5.58. The summed E-state index contributed by atoms with van der Waals surface area (Å²) in [6.45, 7) is 0. The van der Waals surface area contributed by atoms with Gasteiger partial charge in [-0.15, -0.1) is 0 Å². The van der Waals surface area contributed by atoms with Gasteiger partial charge in [0, 0.05) is 17.9 Å². The standard InChI is InChI=1S/C13H11FN2O3S/c1-20(18,19)12-4-2-9(3-5-12)13(17)16-11-6-10(14)7-15-8-11/h2-8H,1H3,(H,16,17). The third-order valence-corrected chi connectivity index (χ3v) is 3.64. The van der Waals surface area contributed by atoms with Crippen molar-refractivity contribution in [3.8, 4) is 0 Å². The topological polar surface area (TPSA) is 76.1 Å². The number of pyridine rings is 1. The highest BCUT2D eigenvalue weighted by Gasteiger charge is 2.10. The summed E-state index contributed by atoms with van der Waals surface area (Å²) in [4.78, 5) is 15.6. The molecule has 0 aliphatic rings. The molecule has 0 aliphatic carbocycles. The Morgan fingerprint density at radius 1 is 1.20 bits per heavy atom. The maximum atomic E-state index is 12.9. The van der Waals surface area contributed by atoms with Gasteiger partial charge in [-0.2, -0.15) is 0 Å². The number of halogens is 1. The van der Waals surface area contributed by atoms with Crippen molar-refractivity contribution in [3.05, 3.63) is 54.1 Å². The summed E-state index contributed by atoms with van der Waals surface area (Å²) in [5.41, 5.74) is 0.490. The normalized spacial score (nSPS) is 11.1. The second-order valence-corrected chi connectivity index (χ2v) is 6.16. The van der Waals surface area contributed by atoms with Crippen molar-refractivity contribution in [1.82, 2.24) is 4.98 Å². The van der Waals surface area contributed by atoms with Crippen LogP contribution in [0.4, 0.5) is 10.1 Å². The minimum Gasteiger partial charge on any atom is -0.320 e. The molecule has 2 rings (SSSR count). The lowest BCUT2D eigenvalue weighted by Crippen LogP contribution is -2.12. The van der Waals surface area contributed by atoms with Gasteiger partial charge in [-0.25, -0.2) is 12.8 Å². The molecule has 5 nitrogen and oxygen atoms in total. The van der Waals surface area contributed by atoms with Crippen LogP contribution in [0.25, 0.3) is 0 Å². The van der Waals surface area contributed by atoms with Gasteiger partial charge in [0.1, 0.15) is 5.82 Å². The Kier molecular flexibility index (Phi) is 3.80. The molecule has 0 fully saturated rings. The number of nitrogens with zero attached hydrogens (tertiary/aromatic N) is 1. The maximum absolute atomic E-state index is 12.9. The van der Waals surface area contributed by atoms with Crippen molar-refractivity contribution in [2.75, 3.05) is 11.6 Å². The van der Waals surface area contributed by atoms with Crippen LogP contribution in [0, 0.1) is 5.82 Å². The highest BCUT2D eigenvalue weighted by atomic mass is 32.2. The van der Waals surface area contributed by atoms with E-state index in [0.717, 1.165) is 18.5 Å². The average Bonchev–Trinajstić information content (AvgIpc) is 2.38. The first kappa shape index (κ1) is 14.1. The largest absolute Gasteiger partial charge is 0.320 e.